The maximum atomic E-state index is 12.3. The zero-order valence-corrected chi connectivity index (χ0v) is 18.3. The molecule has 0 aliphatic rings. The molecule has 3 rings (SSSR count). The lowest BCUT2D eigenvalue weighted by Crippen LogP contribution is -2.32. The Morgan fingerprint density at radius 1 is 0.939 bits per heavy atom. The second-order valence-electron chi connectivity index (χ2n) is 6.55. The van der Waals surface area contributed by atoms with E-state index in [9.17, 15) is 14.4 Å². The van der Waals surface area contributed by atoms with Gasteiger partial charge in [0.25, 0.3) is 0 Å². The Hall–Kier alpha value is -4.17. The first-order chi connectivity index (χ1) is 16.0. The number of nitrogens with zero attached hydrogens (tertiary/aromatic N) is 1. The van der Waals surface area contributed by atoms with E-state index in [2.05, 4.69) is 15.8 Å². The summed E-state index contributed by atoms with van der Waals surface area (Å²) in [7, 11) is 0. The van der Waals surface area contributed by atoms with Crippen LogP contribution in [0, 0.1) is 0 Å². The second kappa shape index (κ2) is 11.4. The van der Waals surface area contributed by atoms with Crippen molar-refractivity contribution in [2.24, 2.45) is 5.10 Å². The lowest BCUT2D eigenvalue weighted by Gasteiger charge is -2.11. The SMILES string of the molecule is CCOc1cc(/C=N/NC(=O)C(=O)Nc2ccc(Cl)cc2)ccc1OC(=O)c1ccccc1. The van der Waals surface area contributed by atoms with E-state index in [-0.39, 0.29) is 5.75 Å². The van der Waals surface area contributed by atoms with E-state index in [0.29, 0.717) is 34.2 Å². The van der Waals surface area contributed by atoms with Crippen LogP contribution in [0.2, 0.25) is 5.02 Å². The van der Waals surface area contributed by atoms with Gasteiger partial charge in [-0.3, -0.25) is 9.59 Å². The standard InChI is InChI=1S/C24H20ClN3O5/c1-2-32-21-14-16(8-13-20(21)33-24(31)17-6-4-3-5-7-17)15-26-28-23(30)22(29)27-19-11-9-18(25)10-12-19/h3-15H,2H2,1H3,(H,27,29)(H,28,30)/b26-15+. The number of carbonyl (C=O) groups is 3. The van der Waals surface area contributed by atoms with Gasteiger partial charge in [0.05, 0.1) is 18.4 Å². The van der Waals surface area contributed by atoms with Crippen molar-refractivity contribution < 1.29 is 23.9 Å². The molecular formula is C24H20ClN3O5. The molecule has 0 aliphatic heterocycles. The molecule has 0 aromatic heterocycles. The molecule has 0 atom stereocenters. The molecule has 168 valence electrons. The number of anilines is 1. The summed E-state index contributed by atoms with van der Waals surface area (Å²) in [5.41, 5.74) is 3.53. The van der Waals surface area contributed by atoms with Crippen LogP contribution in [0.1, 0.15) is 22.8 Å². The fraction of sp³-hybridized carbons (Fsp3) is 0.0833. The van der Waals surface area contributed by atoms with Gasteiger partial charge in [0.1, 0.15) is 0 Å². The third-order valence-electron chi connectivity index (χ3n) is 4.17. The van der Waals surface area contributed by atoms with E-state index in [1.807, 2.05) is 0 Å². The Labute approximate surface area is 195 Å². The lowest BCUT2D eigenvalue weighted by molar-refractivity contribution is -0.136. The molecule has 0 aliphatic carbocycles. The number of nitrogens with one attached hydrogen (secondary N) is 2. The number of esters is 1. The van der Waals surface area contributed by atoms with Gasteiger partial charge in [0.2, 0.25) is 0 Å². The van der Waals surface area contributed by atoms with Crippen LogP contribution in [-0.2, 0) is 9.59 Å². The first-order valence-electron chi connectivity index (χ1n) is 9.90. The summed E-state index contributed by atoms with van der Waals surface area (Å²) < 4.78 is 11.0. The molecule has 0 bridgehead atoms. The summed E-state index contributed by atoms with van der Waals surface area (Å²) >= 11 is 5.79. The van der Waals surface area contributed by atoms with Crippen molar-refractivity contribution in [3.8, 4) is 11.5 Å². The van der Waals surface area contributed by atoms with Gasteiger partial charge < -0.3 is 14.8 Å². The molecule has 0 radical (unpaired) electrons. The van der Waals surface area contributed by atoms with Crippen LogP contribution >= 0.6 is 11.6 Å². The molecule has 0 fully saturated rings. The third-order valence-corrected chi connectivity index (χ3v) is 4.42. The quantitative estimate of drug-likeness (QED) is 0.180. The summed E-state index contributed by atoms with van der Waals surface area (Å²) in [6.07, 6.45) is 1.33. The predicted octanol–water partition coefficient (Wildman–Crippen LogP) is 4.05. The van der Waals surface area contributed by atoms with Crippen LogP contribution in [0.15, 0.2) is 77.9 Å². The average Bonchev–Trinajstić information content (AvgIpc) is 2.82. The monoisotopic (exact) mass is 465 g/mol. The maximum Gasteiger partial charge on any atom is 0.343 e. The van der Waals surface area contributed by atoms with Crippen LogP contribution in [0.5, 0.6) is 11.5 Å². The minimum absolute atomic E-state index is 0.245. The fourth-order valence-corrected chi connectivity index (χ4v) is 2.75. The highest BCUT2D eigenvalue weighted by atomic mass is 35.5. The van der Waals surface area contributed by atoms with Crippen LogP contribution < -0.4 is 20.2 Å². The molecule has 8 nitrogen and oxygen atoms in total. The number of amides is 2. The van der Waals surface area contributed by atoms with Gasteiger partial charge in [0, 0.05) is 10.7 Å². The predicted molar refractivity (Wildman–Crippen MR) is 125 cm³/mol. The van der Waals surface area contributed by atoms with Gasteiger partial charge in [-0.05, 0) is 67.1 Å². The van der Waals surface area contributed by atoms with Crippen molar-refractivity contribution in [2.75, 3.05) is 11.9 Å². The zero-order valence-electron chi connectivity index (χ0n) is 17.6. The number of hydrogen-bond donors (Lipinski definition) is 2. The van der Waals surface area contributed by atoms with E-state index in [0.717, 1.165) is 0 Å². The Balaban J connectivity index is 1.62. The zero-order chi connectivity index (χ0) is 23.6. The van der Waals surface area contributed by atoms with Crippen LogP contribution in [0.4, 0.5) is 5.69 Å². The van der Waals surface area contributed by atoms with Crippen molar-refractivity contribution in [3.05, 3.63) is 88.9 Å². The maximum absolute atomic E-state index is 12.3. The molecule has 0 saturated carbocycles. The molecule has 0 spiro atoms. The molecule has 0 heterocycles. The highest BCUT2D eigenvalue weighted by Gasteiger charge is 2.14. The second-order valence-corrected chi connectivity index (χ2v) is 6.99. The van der Waals surface area contributed by atoms with E-state index >= 15 is 0 Å². The van der Waals surface area contributed by atoms with Gasteiger partial charge in [-0.15, -0.1) is 0 Å². The summed E-state index contributed by atoms with van der Waals surface area (Å²) in [6.45, 7) is 2.14. The van der Waals surface area contributed by atoms with Crippen molar-refractivity contribution in [1.29, 1.82) is 0 Å². The Morgan fingerprint density at radius 2 is 1.67 bits per heavy atom. The Bertz CT molecular complexity index is 1160. The topological polar surface area (TPSA) is 106 Å². The number of benzene rings is 3. The van der Waals surface area contributed by atoms with Gasteiger partial charge >= 0.3 is 17.8 Å². The van der Waals surface area contributed by atoms with Gasteiger partial charge in [-0.1, -0.05) is 29.8 Å². The molecule has 0 unspecified atom stereocenters. The normalized spacial score (nSPS) is 10.5. The molecule has 9 heteroatoms. The lowest BCUT2D eigenvalue weighted by atomic mass is 10.2. The molecule has 33 heavy (non-hydrogen) atoms. The number of halogens is 1. The molecule has 0 saturated heterocycles. The number of ether oxygens (including phenoxy) is 2. The number of rotatable bonds is 7. The largest absolute Gasteiger partial charge is 0.490 e. The van der Waals surface area contributed by atoms with Crippen molar-refractivity contribution >= 4 is 41.3 Å². The van der Waals surface area contributed by atoms with Crippen LogP contribution in [0.3, 0.4) is 0 Å². The van der Waals surface area contributed by atoms with Gasteiger partial charge in [-0.2, -0.15) is 5.10 Å². The summed E-state index contributed by atoms with van der Waals surface area (Å²) in [5, 5.41) is 6.73. The number of hydrogen-bond acceptors (Lipinski definition) is 6. The summed E-state index contributed by atoms with van der Waals surface area (Å²) in [5.74, 6) is -1.77. The number of carbonyl (C=O) groups excluding carboxylic acids is 3. The van der Waals surface area contributed by atoms with Crippen LogP contribution in [-0.4, -0.2) is 30.6 Å². The minimum atomic E-state index is -0.945. The minimum Gasteiger partial charge on any atom is -0.490 e. The van der Waals surface area contributed by atoms with Crippen molar-refractivity contribution in [2.45, 2.75) is 6.92 Å². The third kappa shape index (κ3) is 6.91. The van der Waals surface area contributed by atoms with Crippen molar-refractivity contribution in [1.82, 2.24) is 5.43 Å². The summed E-state index contributed by atoms with van der Waals surface area (Å²) in [6, 6.07) is 19.7. The van der Waals surface area contributed by atoms with E-state index in [1.165, 1.54) is 6.21 Å². The highest BCUT2D eigenvalue weighted by Crippen LogP contribution is 2.29. The summed E-state index contributed by atoms with van der Waals surface area (Å²) in [4.78, 5) is 36.2. The Kier molecular flexibility index (Phi) is 8.15. The first-order valence-corrected chi connectivity index (χ1v) is 10.3. The molecular weight excluding hydrogens is 446 g/mol. The fourth-order valence-electron chi connectivity index (χ4n) is 2.63. The average molecular weight is 466 g/mol. The molecule has 3 aromatic rings. The highest BCUT2D eigenvalue weighted by molar-refractivity contribution is 6.39. The van der Waals surface area contributed by atoms with E-state index in [1.54, 1.807) is 79.7 Å². The number of hydrazone groups is 1. The van der Waals surface area contributed by atoms with Crippen LogP contribution in [0.25, 0.3) is 0 Å². The first kappa shape index (κ1) is 23.5. The van der Waals surface area contributed by atoms with Gasteiger partial charge in [0.15, 0.2) is 11.5 Å². The smallest absolute Gasteiger partial charge is 0.343 e. The van der Waals surface area contributed by atoms with Gasteiger partial charge in [-0.25, -0.2) is 10.2 Å². The molecule has 2 N–H and O–H groups in total. The van der Waals surface area contributed by atoms with Crippen molar-refractivity contribution in [3.63, 3.8) is 0 Å². The van der Waals surface area contributed by atoms with E-state index < -0.39 is 17.8 Å². The van der Waals surface area contributed by atoms with E-state index in [4.69, 9.17) is 21.1 Å². The molecule has 2 amide bonds. The Morgan fingerprint density at radius 3 is 2.36 bits per heavy atom. The molecule has 3 aromatic carbocycles.